The Labute approximate surface area is 639 Å². The summed E-state index contributed by atoms with van der Waals surface area (Å²) in [6.07, 6.45) is 3.78. The molecular formula is C70H79Cl4N21O13. The highest BCUT2D eigenvalue weighted by atomic mass is 35.5. The molecule has 1 unspecified atom stereocenters. The number of carbonyl (C=O) groups is 8. The van der Waals surface area contributed by atoms with Crippen LogP contribution in [0, 0.1) is 0 Å². The number of fused-ring (bicyclic) bond motifs is 4. The molecule has 3 saturated heterocycles. The molecule has 3 fully saturated rings. The van der Waals surface area contributed by atoms with Crippen molar-refractivity contribution in [1.82, 2.24) is 86.0 Å². The molecule has 4 aromatic heterocycles. The first-order chi connectivity index (χ1) is 52.1. The fourth-order valence-corrected chi connectivity index (χ4v) is 13.1. The maximum atomic E-state index is 12.8. The van der Waals surface area contributed by atoms with Crippen LogP contribution in [0.5, 0.6) is 0 Å². The Morgan fingerprint density at radius 3 is 1.11 bits per heavy atom. The molecule has 15 rings (SSSR count). The van der Waals surface area contributed by atoms with Gasteiger partial charge in [0.25, 0.3) is 23.6 Å². The second kappa shape index (κ2) is 35.5. The number of urea groups is 4. The molecular weight excluding hydrogens is 1480 g/mol. The number of nitrogens with zero attached hydrogens (tertiary/aromatic N) is 12. The molecule has 7 aliphatic rings. The van der Waals surface area contributed by atoms with Crippen LogP contribution in [0.2, 0.25) is 20.1 Å². The lowest BCUT2D eigenvalue weighted by molar-refractivity contribution is -0.161. The van der Waals surface area contributed by atoms with Crippen molar-refractivity contribution in [1.29, 1.82) is 0 Å². The summed E-state index contributed by atoms with van der Waals surface area (Å²) in [5.41, 5.74) is 9.98. The van der Waals surface area contributed by atoms with Crippen molar-refractivity contribution in [3.63, 3.8) is 0 Å². The first kappa shape index (κ1) is 77.2. The van der Waals surface area contributed by atoms with Crippen LogP contribution in [-0.2, 0) is 75.9 Å². The molecule has 570 valence electrons. The number of anilines is 4. The third-order valence-electron chi connectivity index (χ3n) is 18.4. The number of aromatic amines is 4. The Hall–Kier alpha value is -10.4. The zero-order valence-electron chi connectivity index (χ0n) is 59.2. The number of nitrogens with one attached hydrogen (secondary N) is 9. The van der Waals surface area contributed by atoms with Crippen molar-refractivity contribution >= 4 is 117 Å². The summed E-state index contributed by atoms with van der Waals surface area (Å²) in [4.78, 5) is 129. The zero-order chi connectivity index (χ0) is 76.1. The molecule has 0 saturated carbocycles. The predicted molar refractivity (Wildman–Crippen MR) is 396 cm³/mol. The Balaban J connectivity index is 0.000000135. The summed E-state index contributed by atoms with van der Waals surface area (Å²) in [7, 11) is 6.06. The van der Waals surface area contributed by atoms with Crippen molar-refractivity contribution < 1.29 is 62.4 Å². The van der Waals surface area contributed by atoms with Crippen molar-refractivity contribution in [2.45, 2.75) is 76.9 Å². The molecule has 108 heavy (non-hydrogen) atoms. The number of hydrogen-bond acceptors (Lipinski definition) is 18. The van der Waals surface area contributed by atoms with Crippen molar-refractivity contribution in [2.24, 2.45) is 0 Å². The minimum Gasteiger partial charge on any atom is -0.379 e. The number of aromatic nitrogens is 8. The van der Waals surface area contributed by atoms with Gasteiger partial charge in [0.2, 0.25) is 0 Å². The molecule has 0 bridgehead atoms. The topological polar surface area (TPSA) is 384 Å². The highest BCUT2D eigenvalue weighted by Crippen LogP contribution is 2.30. The SMILES string of the molecule is CN(OC1CCOC1)C(=O)c1n[nH]c2c1CN(C(=O)Nc1cccc(Cl)c1)CC2.CN(OC1CNC1)C(=O)c1n[nH]c2c1CN(C(=O)Nc1cccc(Cl)c1)CC2.CON(C)C(=O)c1n[nH]c2c1CN(C(=O)Nc1cccc(Cl)c1)CC2.O=C(Nc1cccc(Cl)c1)N1CCc2[nH]nc(C(=O)N3CCCO3)c2C1. The predicted octanol–water partition coefficient (Wildman–Crippen LogP) is 8.79. The summed E-state index contributed by atoms with van der Waals surface area (Å²) in [5, 5.41) is 49.7. The van der Waals surface area contributed by atoms with E-state index >= 15 is 0 Å². The van der Waals surface area contributed by atoms with Crippen LogP contribution in [0.3, 0.4) is 0 Å². The molecule has 0 radical (unpaired) electrons. The Kier molecular flexibility index (Phi) is 25.4. The van der Waals surface area contributed by atoms with E-state index in [1.807, 2.05) is 0 Å². The lowest BCUT2D eigenvalue weighted by Crippen LogP contribution is -2.51. The number of hydrogen-bond donors (Lipinski definition) is 9. The highest BCUT2D eigenvalue weighted by Gasteiger charge is 2.36. The molecule has 4 aromatic carbocycles. The Morgan fingerprint density at radius 1 is 0.463 bits per heavy atom. The van der Waals surface area contributed by atoms with E-state index in [1.165, 1.54) is 29.3 Å². The van der Waals surface area contributed by atoms with Gasteiger partial charge in [-0.3, -0.25) is 58.9 Å². The van der Waals surface area contributed by atoms with Crippen LogP contribution in [0.4, 0.5) is 41.9 Å². The minimum atomic E-state index is -0.364. The number of carbonyl (C=O) groups excluding carboxylic acids is 8. The van der Waals surface area contributed by atoms with E-state index in [0.29, 0.717) is 158 Å². The average Bonchev–Trinajstić information content (AvgIpc) is 1.65. The summed E-state index contributed by atoms with van der Waals surface area (Å²) in [5.74, 6) is -1.32. The van der Waals surface area contributed by atoms with Gasteiger partial charge in [-0.1, -0.05) is 70.7 Å². The van der Waals surface area contributed by atoms with Crippen molar-refractivity contribution in [3.05, 3.63) is 185 Å². The standard InChI is InChI=1S/C19H22ClN5O4.C18H21ClN6O3.C17H18ClN5O3.C16H18ClN5O3/c1-24(29-14-6-8-28-11-14)18(26)17-15-10-25(7-5-16(15)22-23-17)19(27)21-13-4-2-3-12(20)9-13;1-24(28-13-8-20-9-13)17(26)16-14-10-25(6-5-15(14)22-23-16)18(27)21-12-4-2-3-11(19)7-12;18-11-3-1-4-12(9-11)19-17(25)22-7-5-14-13(10-22)15(21-20-14)16(24)23-6-2-8-26-23;1-21(25-2)15(23)14-12-9-22(7-6-13(12)19-20-14)16(24)18-11-5-3-4-10(17)8-11/h2-4,9,14H,5-8,10-11H2,1H3,(H,21,27)(H,22,23);2-4,7,13,20H,5-6,8-10H2,1H3,(H,21,27)(H,22,23);1,3-4,9H,2,5-8,10H2,(H,19,25)(H,20,21);3-5,8H,6-7,9H2,1-2H3,(H,18,24)(H,19,20). The molecule has 34 nitrogen and oxygen atoms in total. The van der Waals surface area contributed by atoms with Crippen LogP contribution in [0.25, 0.3) is 0 Å². The molecule has 0 spiro atoms. The van der Waals surface area contributed by atoms with Gasteiger partial charge in [0.1, 0.15) is 12.2 Å². The highest BCUT2D eigenvalue weighted by molar-refractivity contribution is 6.32. The van der Waals surface area contributed by atoms with Crippen LogP contribution in [0.1, 0.15) is 99.8 Å². The van der Waals surface area contributed by atoms with Gasteiger partial charge in [-0.15, -0.1) is 0 Å². The number of ether oxygens (including phenoxy) is 1. The second-order valence-corrected chi connectivity index (χ2v) is 27.5. The van der Waals surface area contributed by atoms with E-state index in [-0.39, 0.29) is 96.7 Å². The van der Waals surface area contributed by atoms with Crippen molar-refractivity contribution in [2.75, 3.05) is 115 Å². The zero-order valence-corrected chi connectivity index (χ0v) is 62.2. The summed E-state index contributed by atoms with van der Waals surface area (Å²) in [6.45, 7) is 6.88. The van der Waals surface area contributed by atoms with Crippen LogP contribution < -0.4 is 26.6 Å². The van der Waals surface area contributed by atoms with Crippen LogP contribution in [0.15, 0.2) is 97.1 Å². The lowest BCUT2D eigenvalue weighted by atomic mass is 10.1. The van der Waals surface area contributed by atoms with E-state index in [0.717, 1.165) is 51.8 Å². The molecule has 0 aliphatic carbocycles. The number of H-pyrrole nitrogens is 4. The Bertz CT molecular complexity index is 4600. The second-order valence-electron chi connectivity index (χ2n) is 25.7. The van der Waals surface area contributed by atoms with E-state index in [9.17, 15) is 38.4 Å². The fraction of sp³-hybridized carbons (Fsp3) is 0.371. The Morgan fingerprint density at radius 2 is 0.806 bits per heavy atom. The molecule has 9 N–H and O–H groups in total. The maximum Gasteiger partial charge on any atom is 0.322 e. The third-order valence-corrected chi connectivity index (χ3v) is 19.3. The quantitative estimate of drug-likeness (QED) is 0.0487. The summed E-state index contributed by atoms with van der Waals surface area (Å²) < 4.78 is 5.27. The van der Waals surface area contributed by atoms with Gasteiger partial charge in [0.15, 0.2) is 22.8 Å². The van der Waals surface area contributed by atoms with Crippen molar-refractivity contribution in [3.8, 4) is 0 Å². The maximum absolute atomic E-state index is 12.8. The van der Waals surface area contributed by atoms with Gasteiger partial charge in [0, 0.05) is 187 Å². The van der Waals surface area contributed by atoms with Crippen LogP contribution >= 0.6 is 46.4 Å². The minimum absolute atomic E-state index is 0.0105. The van der Waals surface area contributed by atoms with Gasteiger partial charge < -0.3 is 50.9 Å². The average molecular weight is 1560 g/mol. The molecule has 7 aliphatic heterocycles. The molecule has 1 atom stereocenters. The number of benzene rings is 4. The first-order valence-electron chi connectivity index (χ1n) is 34.6. The fourth-order valence-electron chi connectivity index (χ4n) is 12.4. The van der Waals surface area contributed by atoms with Gasteiger partial charge in [-0.2, -0.15) is 20.4 Å². The number of amides is 12. The van der Waals surface area contributed by atoms with E-state index in [4.69, 9.17) is 70.5 Å². The molecule has 11 heterocycles. The van der Waals surface area contributed by atoms with Gasteiger partial charge >= 0.3 is 24.1 Å². The largest absolute Gasteiger partial charge is 0.379 e. The number of halogens is 4. The van der Waals surface area contributed by atoms with Crippen LogP contribution in [-0.4, -0.2) is 234 Å². The summed E-state index contributed by atoms with van der Waals surface area (Å²) in [6, 6.07) is 26.8. The molecule has 12 amide bonds. The number of hydroxylamine groups is 8. The van der Waals surface area contributed by atoms with E-state index in [2.05, 4.69) is 67.4 Å². The first-order valence-corrected chi connectivity index (χ1v) is 36.1. The van der Waals surface area contributed by atoms with E-state index in [1.54, 1.807) is 131 Å². The normalized spacial score (nSPS) is 16.2. The van der Waals surface area contributed by atoms with E-state index < -0.39 is 0 Å². The third kappa shape index (κ3) is 19.1. The smallest absolute Gasteiger partial charge is 0.322 e. The van der Waals surface area contributed by atoms with Gasteiger partial charge in [0.05, 0.1) is 53.0 Å². The van der Waals surface area contributed by atoms with Gasteiger partial charge in [-0.05, 0) is 79.2 Å². The van der Waals surface area contributed by atoms with Gasteiger partial charge in [-0.25, -0.2) is 39.4 Å². The monoisotopic (exact) mass is 1560 g/mol. The lowest BCUT2D eigenvalue weighted by Gasteiger charge is -2.31. The summed E-state index contributed by atoms with van der Waals surface area (Å²) >= 11 is 23.8. The molecule has 38 heteroatoms. The number of rotatable bonds is 13. The molecule has 8 aromatic rings.